The number of hydrogen-bond acceptors (Lipinski definition) is 9. The van der Waals surface area contributed by atoms with Gasteiger partial charge in [-0.25, -0.2) is 18.1 Å². The highest BCUT2D eigenvalue weighted by Crippen LogP contribution is 2.27. The molecule has 0 spiro atoms. The summed E-state index contributed by atoms with van der Waals surface area (Å²) in [5, 5.41) is 9.43. The summed E-state index contributed by atoms with van der Waals surface area (Å²) in [6.07, 6.45) is 4.00. The summed E-state index contributed by atoms with van der Waals surface area (Å²) in [7, 11) is -1.92. The fraction of sp³-hybridized carbons (Fsp3) is 0.429. The number of fused-ring (bicyclic) bond motifs is 1. The number of rotatable bonds is 9. The largest absolute Gasteiger partial charge is 0.350 e. The Morgan fingerprint density at radius 2 is 1.80 bits per heavy atom. The van der Waals surface area contributed by atoms with E-state index < -0.39 is 10.0 Å². The number of anilines is 4. The molecule has 13 heteroatoms. The van der Waals surface area contributed by atoms with E-state index in [4.69, 9.17) is 0 Å². The van der Waals surface area contributed by atoms with Crippen molar-refractivity contribution < 1.29 is 16.1 Å². The Bertz CT molecular complexity index is 1500. The maximum Gasteiger partial charge on any atom is 0.256 e. The summed E-state index contributed by atoms with van der Waals surface area (Å²) in [6, 6.07) is 9.70. The summed E-state index contributed by atoms with van der Waals surface area (Å²) in [4.78, 5) is 28.4. The van der Waals surface area contributed by atoms with Crippen molar-refractivity contribution in [2.24, 2.45) is 0 Å². The number of halogens is 1. The van der Waals surface area contributed by atoms with Gasteiger partial charge in [-0.05, 0) is 62.7 Å². The number of carbonyl (C=O) groups excluding carboxylic acids is 1. The topological polar surface area (TPSA) is 141 Å². The quantitative estimate of drug-likeness (QED) is 0.233. The Morgan fingerprint density at radius 3 is 2.49 bits per heavy atom. The molecule has 41 heavy (non-hydrogen) atoms. The van der Waals surface area contributed by atoms with Gasteiger partial charge in [0.05, 0.1) is 0 Å². The van der Waals surface area contributed by atoms with Crippen molar-refractivity contribution >= 4 is 63.0 Å². The Hall–Kier alpha value is -2.88. The van der Waals surface area contributed by atoms with Crippen LogP contribution in [0.2, 0.25) is 0 Å². The second kappa shape index (κ2) is 13.4. The molecule has 3 heterocycles. The van der Waals surface area contributed by atoms with Crippen LogP contribution in [0.3, 0.4) is 0 Å². The Balaban J connectivity index is 0.00000308. The van der Waals surface area contributed by atoms with Gasteiger partial charge in [-0.15, -0.1) is 24.0 Å². The third-order valence-corrected chi connectivity index (χ3v) is 7.79. The molecule has 0 fully saturated rings. The van der Waals surface area contributed by atoms with Gasteiger partial charge >= 0.3 is 0 Å². The van der Waals surface area contributed by atoms with E-state index in [9.17, 15) is 13.2 Å². The van der Waals surface area contributed by atoms with Crippen molar-refractivity contribution in [3.63, 3.8) is 0 Å². The van der Waals surface area contributed by atoms with Gasteiger partial charge in [0.2, 0.25) is 16.0 Å². The van der Waals surface area contributed by atoms with Crippen LogP contribution >= 0.6 is 24.0 Å². The van der Waals surface area contributed by atoms with Gasteiger partial charge in [-0.3, -0.25) is 14.7 Å². The third kappa shape index (κ3) is 8.80. The van der Waals surface area contributed by atoms with Gasteiger partial charge in [0.25, 0.3) is 5.91 Å². The second-order valence-electron chi connectivity index (χ2n) is 11.2. The molecule has 226 valence electrons. The van der Waals surface area contributed by atoms with Crippen LogP contribution in [0.25, 0.3) is 0 Å². The second-order valence-corrected chi connectivity index (χ2v) is 13.1. The van der Waals surface area contributed by atoms with E-state index in [2.05, 4.69) is 56.4 Å². The zero-order valence-electron chi connectivity index (χ0n) is 24.3. The summed E-state index contributed by atoms with van der Waals surface area (Å²) in [6.45, 7) is 11.2. The Morgan fingerprint density at radius 1 is 1.07 bits per heavy atom. The van der Waals surface area contributed by atoms with Gasteiger partial charge in [0.1, 0.15) is 17.3 Å². The molecule has 11 nitrogen and oxygen atoms in total. The number of benzene rings is 1. The first-order valence-electron chi connectivity index (χ1n) is 13.3. The number of aromatic nitrogens is 3. The Kier molecular flexibility index (Phi) is 10.7. The summed E-state index contributed by atoms with van der Waals surface area (Å²) < 4.78 is 26.4. The molecule has 0 saturated heterocycles. The van der Waals surface area contributed by atoms with Crippen LogP contribution < -0.4 is 20.7 Å². The van der Waals surface area contributed by atoms with Crippen molar-refractivity contribution in [1.29, 1.82) is 0 Å². The molecule has 1 amide bonds. The van der Waals surface area contributed by atoms with E-state index in [0.717, 1.165) is 29.1 Å². The summed E-state index contributed by atoms with van der Waals surface area (Å²) in [5.41, 5.74) is 4.83. The first-order valence-corrected chi connectivity index (χ1v) is 14.9. The van der Waals surface area contributed by atoms with Crippen molar-refractivity contribution in [3.05, 3.63) is 65.1 Å². The molecule has 2 aromatic heterocycles. The lowest BCUT2D eigenvalue weighted by Crippen LogP contribution is -2.38. The molecular formula is C28H43IN8O3S. The lowest BCUT2D eigenvalue weighted by atomic mass is 9.91. The van der Waals surface area contributed by atoms with Crippen LogP contribution in [0.5, 0.6) is 0 Å². The SMILES string of the molecule is CNS(=O)(=O)CN1CCc2ccc(Nc3ncc(C(=O)NC(C)C)c(Nc4ccnc(C(C)(C)C)c4)n3)cc2C1.I.[HH].[HH]. The molecule has 0 atom stereocenters. The lowest BCUT2D eigenvalue weighted by molar-refractivity contribution is 0.0943. The maximum absolute atomic E-state index is 13.0. The highest BCUT2D eigenvalue weighted by molar-refractivity contribution is 14.0. The van der Waals surface area contributed by atoms with Crippen LogP contribution in [0, 0.1) is 0 Å². The molecule has 0 radical (unpaired) electrons. The molecule has 3 aromatic rings. The number of carbonyl (C=O) groups is 1. The van der Waals surface area contributed by atoms with Gasteiger partial charge in [-0.1, -0.05) is 26.8 Å². The maximum atomic E-state index is 13.0. The number of nitrogens with one attached hydrogen (secondary N) is 4. The van der Waals surface area contributed by atoms with E-state index in [1.807, 2.05) is 49.1 Å². The Labute approximate surface area is 262 Å². The molecule has 0 aliphatic carbocycles. The number of pyridine rings is 1. The van der Waals surface area contributed by atoms with Crippen molar-refractivity contribution in [2.75, 3.05) is 30.1 Å². The van der Waals surface area contributed by atoms with Crippen LogP contribution in [0.15, 0.2) is 42.7 Å². The minimum absolute atomic E-state index is 0. The van der Waals surface area contributed by atoms with Crippen molar-refractivity contribution in [2.45, 2.75) is 59.0 Å². The van der Waals surface area contributed by atoms with Crippen molar-refractivity contribution in [3.8, 4) is 0 Å². The average molecular weight is 699 g/mol. The highest BCUT2D eigenvalue weighted by atomic mass is 127. The predicted molar refractivity (Wildman–Crippen MR) is 177 cm³/mol. The van der Waals surface area contributed by atoms with Crippen LogP contribution in [-0.4, -0.2) is 59.7 Å². The van der Waals surface area contributed by atoms with E-state index in [-0.39, 0.29) is 50.1 Å². The molecule has 1 aliphatic heterocycles. The van der Waals surface area contributed by atoms with Gasteiger partial charge in [0, 0.05) is 56.9 Å². The fourth-order valence-corrected chi connectivity index (χ4v) is 5.17. The molecule has 0 bridgehead atoms. The van der Waals surface area contributed by atoms with Gasteiger partial charge < -0.3 is 16.0 Å². The number of amides is 1. The third-order valence-electron chi connectivity index (χ3n) is 6.46. The van der Waals surface area contributed by atoms with Crippen LogP contribution in [0.1, 0.15) is 64.7 Å². The van der Waals surface area contributed by atoms with Crippen molar-refractivity contribution in [1.82, 2.24) is 29.9 Å². The van der Waals surface area contributed by atoms with Gasteiger partial charge in [-0.2, -0.15) is 4.98 Å². The number of sulfonamides is 1. The molecular weight excluding hydrogens is 655 g/mol. The minimum atomic E-state index is -3.34. The van der Waals surface area contributed by atoms with E-state index in [0.29, 0.717) is 30.4 Å². The predicted octanol–water partition coefficient (Wildman–Crippen LogP) is 4.77. The van der Waals surface area contributed by atoms with E-state index >= 15 is 0 Å². The molecule has 1 aliphatic rings. The number of nitrogens with zero attached hydrogens (tertiary/aromatic N) is 4. The monoisotopic (exact) mass is 698 g/mol. The summed E-state index contributed by atoms with van der Waals surface area (Å²) >= 11 is 0. The first kappa shape index (κ1) is 32.6. The van der Waals surface area contributed by atoms with Gasteiger partial charge in [0.15, 0.2) is 0 Å². The van der Waals surface area contributed by atoms with E-state index in [1.165, 1.54) is 18.8 Å². The lowest BCUT2D eigenvalue weighted by Gasteiger charge is -2.28. The zero-order chi connectivity index (χ0) is 29.1. The van der Waals surface area contributed by atoms with E-state index in [1.54, 1.807) is 6.20 Å². The van der Waals surface area contributed by atoms with Crippen LogP contribution in [-0.2, 0) is 28.4 Å². The summed E-state index contributed by atoms with van der Waals surface area (Å²) in [5.74, 6) is 0.353. The minimum Gasteiger partial charge on any atom is -0.350 e. The molecule has 4 rings (SSSR count). The molecule has 1 aromatic carbocycles. The average Bonchev–Trinajstić information content (AvgIpc) is 2.88. The molecule has 0 unspecified atom stereocenters. The molecule has 4 N–H and O–H groups in total. The zero-order valence-corrected chi connectivity index (χ0v) is 27.4. The smallest absolute Gasteiger partial charge is 0.256 e. The highest BCUT2D eigenvalue weighted by Gasteiger charge is 2.22. The standard InChI is InChI=1S/C28H38N8O3S.HI.2H2/c1-18(2)32-26(37)23-15-31-27(35-25(23)33-22-9-11-30-24(14-22)28(3,4)5)34-21-8-7-19-10-12-36(16-20(19)13-21)17-40(38,39)29-6;;;/h7-9,11,13-15,18,29H,10,12,16-17H2,1-6H3,(H,32,37)(H2,30,31,33,34,35);3*1H. The van der Waals surface area contributed by atoms with Crippen LogP contribution in [0.4, 0.5) is 23.1 Å². The fourth-order valence-electron chi connectivity index (χ4n) is 4.34. The molecule has 0 saturated carbocycles. The first-order chi connectivity index (χ1) is 18.8. The number of hydrogen-bond donors (Lipinski definition) is 4. The normalized spacial score (nSPS) is 13.7.